The summed E-state index contributed by atoms with van der Waals surface area (Å²) in [5, 5.41) is 28.2. The molecule has 95 heavy (non-hydrogen) atoms. The molecule has 0 radical (unpaired) electrons. The second-order valence-electron chi connectivity index (χ2n) is 25.6. The molecule has 1 aromatic heterocycles. The molecular weight excluding hydrogens is 1230 g/mol. The van der Waals surface area contributed by atoms with E-state index in [4.69, 9.17) is 10.5 Å². The summed E-state index contributed by atoms with van der Waals surface area (Å²) in [5.41, 5.74) is 9.12. The summed E-state index contributed by atoms with van der Waals surface area (Å²) >= 11 is 0. The van der Waals surface area contributed by atoms with Crippen LogP contribution in [0.5, 0.6) is 5.75 Å². The quantitative estimate of drug-likeness (QED) is 0.100. The van der Waals surface area contributed by atoms with E-state index in [1.165, 1.54) is 56.2 Å². The number of carbonyl (C=O) groups excluding carboxylic acids is 10. The van der Waals surface area contributed by atoms with E-state index < -0.39 is 156 Å². The van der Waals surface area contributed by atoms with E-state index in [-0.39, 0.29) is 51.5 Å². The first-order chi connectivity index (χ1) is 45.4. The van der Waals surface area contributed by atoms with Gasteiger partial charge in [0.15, 0.2) is 11.6 Å². The molecule has 0 spiro atoms. The number of nitrogens with zero attached hydrogens (tertiary/aromatic N) is 2. The normalized spacial score (nSPS) is 25.9. The number of H-pyrrole nitrogens is 1. The summed E-state index contributed by atoms with van der Waals surface area (Å²) < 4.78 is 51.2. The summed E-state index contributed by atoms with van der Waals surface area (Å²) in [4.78, 5) is 148. The number of amides is 8. The lowest BCUT2D eigenvalue weighted by atomic mass is 9.84. The van der Waals surface area contributed by atoms with E-state index in [9.17, 15) is 47.4 Å². The predicted molar refractivity (Wildman–Crippen MR) is 345 cm³/mol. The highest BCUT2D eigenvalue weighted by atomic mass is 19.1. The SMILES string of the molecule is COc1ccc(C[C@@H]2NC(=O)[C@H]([C@@H](C)O)NC(=O)[C@@H]3C[C@H](F)CN3C(=O)[C@H](CC3=CCc4ccc(F)cc43)NC(=O)[C@H](Cc3c[nH]c4ccc(F)cc34)CC(=O)[C@@H](C)NC(=O)CNC(=O)CCCCNCc3ccc(cc3)C[C@@H](C(N)=O)CC(=O)[C@]3(C)CCCN3C2=O)cc1. The number of carbonyl (C=O) groups is 10. The fraction of sp³-hybridized carbons (Fsp3) is 0.457. The van der Waals surface area contributed by atoms with Gasteiger partial charge in [-0.2, -0.15) is 0 Å². The summed E-state index contributed by atoms with van der Waals surface area (Å²) in [6, 6.07) is 14.3. The van der Waals surface area contributed by atoms with E-state index in [0.29, 0.717) is 83.3 Å². The molecule has 5 aliphatic rings. The molecule has 2 bridgehead atoms. The lowest BCUT2D eigenvalue weighted by molar-refractivity contribution is -0.147. The molecule has 2 saturated heterocycles. The molecule has 25 heteroatoms. The number of aliphatic hydroxyl groups excluding tert-OH is 1. The minimum Gasteiger partial charge on any atom is -0.497 e. The van der Waals surface area contributed by atoms with Crippen molar-refractivity contribution < 1.29 is 71.0 Å². The van der Waals surface area contributed by atoms with Crippen LogP contribution in [0.15, 0.2) is 97.2 Å². The molecule has 10 atom stereocenters. The number of alkyl halides is 1. The van der Waals surface area contributed by atoms with Crippen LogP contribution in [0, 0.1) is 23.5 Å². The van der Waals surface area contributed by atoms with Crippen LogP contribution in [0.4, 0.5) is 13.2 Å². The topological polar surface area (TPSA) is 321 Å². The van der Waals surface area contributed by atoms with Gasteiger partial charge in [0.1, 0.15) is 47.7 Å². The Morgan fingerprint density at radius 3 is 2.20 bits per heavy atom. The van der Waals surface area contributed by atoms with Crippen LogP contribution in [0.3, 0.4) is 0 Å². The van der Waals surface area contributed by atoms with Crippen LogP contribution in [0.1, 0.15) is 112 Å². The van der Waals surface area contributed by atoms with Gasteiger partial charge in [-0.15, -0.1) is 0 Å². The molecule has 5 heterocycles. The maximum atomic E-state index is 16.1. The van der Waals surface area contributed by atoms with Gasteiger partial charge in [-0.3, -0.25) is 47.9 Å². The molecule has 2 fully saturated rings. The number of ether oxygens (including phenoxy) is 1. The van der Waals surface area contributed by atoms with Crippen molar-refractivity contribution in [1.29, 1.82) is 0 Å². The van der Waals surface area contributed by atoms with Crippen LogP contribution in [0.2, 0.25) is 0 Å². The Hall–Kier alpha value is -9.23. The Morgan fingerprint density at radius 2 is 1.47 bits per heavy atom. The minimum absolute atomic E-state index is 0.0830. The van der Waals surface area contributed by atoms with E-state index in [0.717, 1.165) is 16.0 Å². The van der Waals surface area contributed by atoms with Crippen molar-refractivity contribution in [3.63, 3.8) is 0 Å². The number of methoxy groups -OCH3 is 1. The predicted octanol–water partition coefficient (Wildman–Crippen LogP) is 4.20. The summed E-state index contributed by atoms with van der Waals surface area (Å²) in [5.74, 6) is -10.6. The summed E-state index contributed by atoms with van der Waals surface area (Å²) in [7, 11) is 1.47. The average Bonchev–Trinajstić information content (AvgIpc) is 1.71. The third-order valence-corrected chi connectivity index (χ3v) is 18.6. The molecular formula is C70H83F3N10O12. The molecule has 0 unspecified atom stereocenters. The standard InChI is InChI=1S/C70H83F3N10O12/c1-39-59(85)30-47(28-48-36-76-55-22-19-50(72)33-54(48)55)65(90)79-57(29-45-16-15-44-17-18-49(71)32-53(44)45)68(93)82-38-51(73)34-58(82)66(91)81-63(40(2)84)67(92)80-56(27-42-13-20-52(95-4)21-14-42)69(94)83-25-7-23-70(83,3)60(86)31-46(64(74)89)26-41-9-11-43(12-10-41)35-75-24-6-5-8-61(87)77-37-62(88)78-39/h9-14,16-22,32-33,36,39-40,46-47,51,56-58,63,75-76,84H,5-8,15,23-31,34-35,37-38H2,1-4H3,(H2,74,89)(H,77,87)(H,78,88)(H,79,90)(H,80,92)(H,81,91)/t39-,40-,46-,47-,51+,56+,57+,58+,63+,70+/m1/s1. The Labute approximate surface area is 548 Å². The number of Topliss-reactive ketones (excluding diaryl/α,β-unsaturated/α-hetero) is 2. The fourth-order valence-corrected chi connectivity index (χ4v) is 13.1. The Kier molecular flexibility index (Phi) is 23.1. The second-order valence-corrected chi connectivity index (χ2v) is 25.6. The van der Waals surface area contributed by atoms with Gasteiger partial charge in [-0.1, -0.05) is 48.5 Å². The third-order valence-electron chi connectivity index (χ3n) is 18.6. The number of benzene rings is 4. The number of ketones is 2. The maximum absolute atomic E-state index is 16.1. The number of fused-ring (bicyclic) bond motifs is 31. The monoisotopic (exact) mass is 1310 g/mol. The van der Waals surface area contributed by atoms with Gasteiger partial charge in [-0.05, 0) is 154 Å². The van der Waals surface area contributed by atoms with Crippen LogP contribution in [-0.4, -0.2) is 160 Å². The maximum Gasteiger partial charge on any atom is 0.246 e. The lowest BCUT2D eigenvalue weighted by Gasteiger charge is -2.37. The summed E-state index contributed by atoms with van der Waals surface area (Å²) in [6.07, 6.45) is -0.240. The fourth-order valence-electron chi connectivity index (χ4n) is 13.1. The van der Waals surface area contributed by atoms with Crippen molar-refractivity contribution in [3.05, 3.63) is 142 Å². The zero-order chi connectivity index (χ0) is 68.3. The molecule has 8 amide bonds. The Balaban J connectivity index is 1.03. The van der Waals surface area contributed by atoms with Gasteiger partial charge in [0.2, 0.25) is 47.3 Å². The highest BCUT2D eigenvalue weighted by Gasteiger charge is 2.49. The number of aliphatic hydroxyl groups is 1. The molecule has 22 nitrogen and oxygen atoms in total. The van der Waals surface area contributed by atoms with E-state index >= 15 is 18.8 Å². The largest absolute Gasteiger partial charge is 0.497 e. The molecule has 10 N–H and O–H groups in total. The number of halogens is 3. The van der Waals surface area contributed by atoms with Crippen LogP contribution in [-0.2, 0) is 80.2 Å². The number of primary amides is 1. The number of nitrogens with one attached hydrogen (secondary N) is 7. The Bertz CT molecular complexity index is 3730. The molecule has 5 aromatic rings. The number of nitrogens with two attached hydrogens (primary N) is 1. The second kappa shape index (κ2) is 31.3. The number of aromatic amines is 1. The average molecular weight is 1310 g/mol. The van der Waals surface area contributed by atoms with Gasteiger partial charge in [-0.25, -0.2) is 13.2 Å². The number of rotatable bonds is 9. The zero-order valence-corrected chi connectivity index (χ0v) is 53.7. The molecule has 506 valence electrons. The number of hydrogen-bond acceptors (Lipinski definition) is 13. The van der Waals surface area contributed by atoms with Gasteiger partial charge in [0.25, 0.3) is 0 Å². The molecule has 4 aliphatic heterocycles. The molecule has 4 aromatic carbocycles. The highest BCUT2D eigenvalue weighted by Crippen LogP contribution is 2.36. The van der Waals surface area contributed by atoms with Crippen LogP contribution >= 0.6 is 0 Å². The van der Waals surface area contributed by atoms with Gasteiger partial charge >= 0.3 is 0 Å². The number of hydrogen-bond donors (Lipinski definition) is 9. The van der Waals surface area contributed by atoms with Crippen molar-refractivity contribution in [2.45, 2.75) is 159 Å². The number of aromatic nitrogens is 1. The first-order valence-corrected chi connectivity index (χ1v) is 32.3. The van der Waals surface area contributed by atoms with Gasteiger partial charge < -0.3 is 62.3 Å². The first-order valence-electron chi connectivity index (χ1n) is 32.3. The lowest BCUT2D eigenvalue weighted by Crippen LogP contribution is -2.62. The highest BCUT2D eigenvalue weighted by molar-refractivity contribution is 6.00. The van der Waals surface area contributed by atoms with E-state index in [1.54, 1.807) is 49.5 Å². The van der Waals surface area contributed by atoms with Crippen LogP contribution in [0.25, 0.3) is 16.5 Å². The molecule has 0 saturated carbocycles. The van der Waals surface area contributed by atoms with E-state index in [2.05, 4.69) is 36.9 Å². The first kappa shape index (κ1) is 70.1. The Morgan fingerprint density at radius 1 is 0.768 bits per heavy atom. The minimum atomic E-state index is -1.85. The summed E-state index contributed by atoms with van der Waals surface area (Å²) in [6.45, 7) is 4.15. The third kappa shape index (κ3) is 17.6. The number of allylic oxidation sites excluding steroid dienone is 1. The van der Waals surface area contributed by atoms with Crippen molar-refractivity contribution in [2.24, 2.45) is 17.6 Å². The van der Waals surface area contributed by atoms with Crippen molar-refractivity contribution in [1.82, 2.24) is 46.7 Å². The van der Waals surface area contributed by atoms with Crippen molar-refractivity contribution >= 4 is 75.3 Å². The van der Waals surface area contributed by atoms with Crippen molar-refractivity contribution in [2.75, 3.05) is 33.3 Å². The van der Waals surface area contributed by atoms with Gasteiger partial charge in [0, 0.05) is 80.6 Å². The van der Waals surface area contributed by atoms with Crippen molar-refractivity contribution in [3.8, 4) is 5.75 Å². The van der Waals surface area contributed by atoms with E-state index in [1.807, 2.05) is 24.3 Å². The smallest absolute Gasteiger partial charge is 0.246 e. The van der Waals surface area contributed by atoms with Gasteiger partial charge in [0.05, 0.1) is 37.9 Å². The van der Waals surface area contributed by atoms with Crippen LogP contribution < -0.4 is 42.4 Å². The molecule has 10 rings (SSSR count). The molecule has 1 aliphatic carbocycles. The zero-order valence-electron chi connectivity index (χ0n) is 53.7.